The van der Waals surface area contributed by atoms with Gasteiger partial charge in [0.2, 0.25) is 11.8 Å². The maximum Gasteiger partial charge on any atom is 0.421 e. The molecule has 210 valence electrons. The molecule has 2 aromatic heterocycles. The molecule has 0 saturated carbocycles. The van der Waals surface area contributed by atoms with Gasteiger partial charge in [-0.2, -0.15) is 18.2 Å². The molecular formula is C30H22ClF3N2O5. The molecule has 0 saturated heterocycles. The predicted molar refractivity (Wildman–Crippen MR) is 145 cm³/mol. The van der Waals surface area contributed by atoms with E-state index in [0.717, 1.165) is 11.1 Å². The molecule has 4 aromatic rings. The van der Waals surface area contributed by atoms with Crippen molar-refractivity contribution in [3.8, 4) is 39.9 Å². The van der Waals surface area contributed by atoms with Gasteiger partial charge in [0.15, 0.2) is 12.6 Å². The SMILES string of the molecule is COc1cc(-c2nccc(-c3cccc4c3CCC4Oc3nc(OC)c(C=O)cc3C(F)(F)F)c2Cl)ccc1C=O. The monoisotopic (exact) mass is 582 g/mol. The number of fused-ring (bicyclic) bond motifs is 1. The predicted octanol–water partition coefficient (Wildman–Crippen LogP) is 7.19. The van der Waals surface area contributed by atoms with Crippen LogP contribution in [0, 0.1) is 0 Å². The minimum Gasteiger partial charge on any atom is -0.496 e. The van der Waals surface area contributed by atoms with Crippen molar-refractivity contribution in [2.24, 2.45) is 0 Å². The van der Waals surface area contributed by atoms with E-state index in [0.29, 0.717) is 63.9 Å². The lowest BCUT2D eigenvalue weighted by molar-refractivity contribution is -0.139. The van der Waals surface area contributed by atoms with Crippen molar-refractivity contribution in [3.05, 3.63) is 87.6 Å². The number of pyridine rings is 2. The second-order valence-corrected chi connectivity index (χ2v) is 9.55. The molecule has 0 aliphatic heterocycles. The van der Waals surface area contributed by atoms with Crippen LogP contribution in [0.25, 0.3) is 22.4 Å². The molecule has 0 radical (unpaired) electrons. The number of benzene rings is 2. The molecule has 1 aliphatic rings. The van der Waals surface area contributed by atoms with Crippen LogP contribution >= 0.6 is 11.6 Å². The number of hydrogen-bond acceptors (Lipinski definition) is 7. The molecular weight excluding hydrogens is 561 g/mol. The fourth-order valence-electron chi connectivity index (χ4n) is 4.97. The summed E-state index contributed by atoms with van der Waals surface area (Å²) in [7, 11) is 2.67. The maximum atomic E-state index is 13.8. The van der Waals surface area contributed by atoms with E-state index < -0.39 is 23.7 Å². The van der Waals surface area contributed by atoms with Crippen LogP contribution in [0.2, 0.25) is 5.02 Å². The molecule has 0 fully saturated rings. The van der Waals surface area contributed by atoms with Gasteiger partial charge in [-0.25, -0.2) is 0 Å². The van der Waals surface area contributed by atoms with Crippen LogP contribution < -0.4 is 14.2 Å². The molecule has 1 unspecified atom stereocenters. The number of aromatic nitrogens is 2. The zero-order valence-electron chi connectivity index (χ0n) is 21.8. The van der Waals surface area contributed by atoms with Crippen molar-refractivity contribution in [1.82, 2.24) is 9.97 Å². The van der Waals surface area contributed by atoms with Gasteiger partial charge >= 0.3 is 6.18 Å². The molecule has 0 bridgehead atoms. The molecule has 2 heterocycles. The van der Waals surface area contributed by atoms with E-state index in [1.165, 1.54) is 14.2 Å². The van der Waals surface area contributed by atoms with Crippen LogP contribution in [0.4, 0.5) is 13.2 Å². The van der Waals surface area contributed by atoms with E-state index >= 15 is 0 Å². The van der Waals surface area contributed by atoms with Gasteiger partial charge in [0.1, 0.15) is 17.4 Å². The first-order valence-electron chi connectivity index (χ1n) is 12.4. The summed E-state index contributed by atoms with van der Waals surface area (Å²) in [6.07, 6.45) is -2.07. The highest BCUT2D eigenvalue weighted by molar-refractivity contribution is 6.35. The van der Waals surface area contributed by atoms with Gasteiger partial charge in [0.25, 0.3) is 0 Å². The molecule has 0 spiro atoms. The van der Waals surface area contributed by atoms with E-state index in [1.807, 2.05) is 6.07 Å². The lowest BCUT2D eigenvalue weighted by atomic mass is 9.95. The molecule has 2 aromatic carbocycles. The Labute approximate surface area is 237 Å². The Morgan fingerprint density at radius 1 is 0.951 bits per heavy atom. The summed E-state index contributed by atoms with van der Waals surface area (Å²) >= 11 is 6.87. The van der Waals surface area contributed by atoms with Crippen LogP contribution in [-0.4, -0.2) is 36.8 Å². The first-order valence-corrected chi connectivity index (χ1v) is 12.8. The summed E-state index contributed by atoms with van der Waals surface area (Å²) in [4.78, 5) is 30.9. The fourth-order valence-corrected chi connectivity index (χ4v) is 5.29. The smallest absolute Gasteiger partial charge is 0.421 e. The van der Waals surface area contributed by atoms with Gasteiger partial charge in [-0.05, 0) is 53.8 Å². The van der Waals surface area contributed by atoms with Gasteiger partial charge in [-0.1, -0.05) is 35.9 Å². The third-order valence-corrected chi connectivity index (χ3v) is 7.27. The molecule has 41 heavy (non-hydrogen) atoms. The topological polar surface area (TPSA) is 87.6 Å². The fraction of sp³-hybridized carbons (Fsp3) is 0.200. The number of methoxy groups -OCH3 is 2. The standard InChI is InChI=1S/C30H22ClF3N2O5/c1-39-25-13-16(6-7-17(25)14-37)27-26(31)22(10-11-35-27)19-4-3-5-21-20(19)8-9-24(21)41-29-23(30(32,33)34)12-18(15-38)28(36-29)40-2/h3-7,10-15,24H,8-9H2,1-2H3. The zero-order chi connectivity index (χ0) is 29.3. The third kappa shape index (κ3) is 5.22. The lowest BCUT2D eigenvalue weighted by Crippen LogP contribution is -2.14. The van der Waals surface area contributed by atoms with Gasteiger partial charge in [0.05, 0.1) is 36.1 Å². The van der Waals surface area contributed by atoms with E-state index in [4.69, 9.17) is 25.8 Å². The number of rotatable bonds is 8. The summed E-state index contributed by atoms with van der Waals surface area (Å²) in [6, 6.07) is 12.9. The highest BCUT2D eigenvalue weighted by atomic mass is 35.5. The third-order valence-electron chi connectivity index (χ3n) is 6.89. The Hall–Kier alpha value is -4.44. The highest BCUT2D eigenvalue weighted by Crippen LogP contribution is 2.45. The van der Waals surface area contributed by atoms with Crippen LogP contribution in [0.15, 0.2) is 54.7 Å². The summed E-state index contributed by atoms with van der Waals surface area (Å²) in [6.45, 7) is 0. The molecule has 0 amide bonds. The number of alkyl halides is 3. The largest absolute Gasteiger partial charge is 0.496 e. The number of nitrogens with zero attached hydrogens (tertiary/aromatic N) is 2. The molecule has 5 rings (SSSR count). The van der Waals surface area contributed by atoms with Crippen LogP contribution in [0.3, 0.4) is 0 Å². The maximum absolute atomic E-state index is 13.8. The summed E-state index contributed by atoms with van der Waals surface area (Å²) in [5.74, 6) is -0.546. The van der Waals surface area contributed by atoms with Gasteiger partial charge in [0, 0.05) is 17.3 Å². The minimum atomic E-state index is -4.80. The van der Waals surface area contributed by atoms with Crippen LogP contribution in [-0.2, 0) is 12.6 Å². The number of aldehydes is 2. The first kappa shape index (κ1) is 28.1. The molecule has 0 N–H and O–H groups in total. The zero-order valence-corrected chi connectivity index (χ0v) is 22.5. The average molecular weight is 583 g/mol. The number of hydrogen-bond donors (Lipinski definition) is 0. The molecule has 1 aliphatic carbocycles. The Balaban J connectivity index is 1.54. The normalized spacial score (nSPS) is 14.3. The van der Waals surface area contributed by atoms with Gasteiger partial charge in [-0.3, -0.25) is 14.6 Å². The molecule has 7 nitrogen and oxygen atoms in total. The van der Waals surface area contributed by atoms with Crippen molar-refractivity contribution >= 4 is 24.2 Å². The molecule has 1 atom stereocenters. The van der Waals surface area contributed by atoms with E-state index in [-0.39, 0.29) is 17.7 Å². The summed E-state index contributed by atoms with van der Waals surface area (Å²) in [5.41, 5.74) is 3.05. The first-order chi connectivity index (χ1) is 19.7. The van der Waals surface area contributed by atoms with Gasteiger partial charge < -0.3 is 14.2 Å². The number of ether oxygens (including phenoxy) is 3. The number of carbonyl (C=O) groups excluding carboxylic acids is 2. The second kappa shape index (κ2) is 11.2. The summed E-state index contributed by atoms with van der Waals surface area (Å²) < 4.78 is 57.7. The number of halogens is 4. The van der Waals surface area contributed by atoms with Crippen molar-refractivity contribution < 1.29 is 37.0 Å². The quantitative estimate of drug-likeness (QED) is 0.203. The van der Waals surface area contributed by atoms with Crippen molar-refractivity contribution in [3.63, 3.8) is 0 Å². The Kier molecular flexibility index (Phi) is 7.68. The van der Waals surface area contributed by atoms with E-state index in [9.17, 15) is 22.8 Å². The van der Waals surface area contributed by atoms with E-state index in [2.05, 4.69) is 9.97 Å². The summed E-state index contributed by atoms with van der Waals surface area (Å²) in [5, 5.41) is 0.362. The van der Waals surface area contributed by atoms with Crippen molar-refractivity contribution in [2.45, 2.75) is 25.1 Å². The van der Waals surface area contributed by atoms with E-state index in [1.54, 1.807) is 42.6 Å². The Bertz CT molecular complexity index is 1660. The van der Waals surface area contributed by atoms with Crippen LogP contribution in [0.5, 0.6) is 17.5 Å². The highest BCUT2D eigenvalue weighted by Gasteiger charge is 2.38. The average Bonchev–Trinajstić information content (AvgIpc) is 3.39. The van der Waals surface area contributed by atoms with Gasteiger partial charge in [-0.15, -0.1) is 0 Å². The second-order valence-electron chi connectivity index (χ2n) is 9.17. The number of carbonyl (C=O) groups is 2. The van der Waals surface area contributed by atoms with Crippen molar-refractivity contribution in [1.29, 1.82) is 0 Å². The lowest BCUT2D eigenvalue weighted by Gasteiger charge is -2.20. The Morgan fingerprint density at radius 3 is 2.41 bits per heavy atom. The minimum absolute atomic E-state index is 0.251. The molecule has 11 heteroatoms. The van der Waals surface area contributed by atoms with Crippen LogP contribution in [0.1, 0.15) is 49.9 Å². The Morgan fingerprint density at radius 2 is 1.73 bits per heavy atom. The van der Waals surface area contributed by atoms with Crippen molar-refractivity contribution in [2.75, 3.05) is 14.2 Å².